The highest BCUT2D eigenvalue weighted by Gasteiger charge is 2.13. The monoisotopic (exact) mass is 359 g/mol. The fraction of sp³-hybridized carbons (Fsp3) is 0.100. The van der Waals surface area contributed by atoms with Gasteiger partial charge < -0.3 is 5.11 Å². The molecule has 3 N–H and O–H groups in total. The van der Waals surface area contributed by atoms with Gasteiger partial charge in [0.25, 0.3) is 5.56 Å². The molecule has 0 atom stereocenters. The molecule has 0 bridgehead atoms. The van der Waals surface area contributed by atoms with Crippen LogP contribution in [0.4, 0.5) is 5.95 Å². The second-order valence-corrected chi connectivity index (χ2v) is 6.00. The van der Waals surface area contributed by atoms with Gasteiger partial charge in [-0.15, -0.1) is 0 Å². The predicted octanol–water partition coefficient (Wildman–Crippen LogP) is 3.08. The molecule has 1 heterocycles. The number of hydrogen-bond donors (Lipinski definition) is 3. The van der Waals surface area contributed by atoms with Gasteiger partial charge in [0.1, 0.15) is 17.4 Å². The second-order valence-electron chi connectivity index (χ2n) is 6.00. The molecule has 7 heteroatoms. The summed E-state index contributed by atoms with van der Waals surface area (Å²) in [6, 6.07) is 14.4. The van der Waals surface area contributed by atoms with Crippen LogP contribution in [0, 0.1) is 25.2 Å². The molecule has 0 fully saturated rings. The molecule has 3 aromatic rings. The molecular formula is C20H17N5O2. The zero-order valence-electron chi connectivity index (χ0n) is 14.8. The number of rotatable bonds is 4. The van der Waals surface area contributed by atoms with Crippen LogP contribution in [0.1, 0.15) is 22.3 Å². The number of phenolic OH excluding ortho intramolecular Hbond substituents is 1. The van der Waals surface area contributed by atoms with E-state index in [2.05, 4.69) is 20.5 Å². The lowest BCUT2D eigenvalue weighted by Gasteiger charge is -2.07. The van der Waals surface area contributed by atoms with Crippen LogP contribution in [-0.2, 0) is 0 Å². The first-order valence-corrected chi connectivity index (χ1v) is 8.18. The zero-order valence-corrected chi connectivity index (χ0v) is 14.8. The number of anilines is 1. The number of hydrogen-bond acceptors (Lipinski definition) is 6. The number of H-pyrrole nitrogens is 1. The minimum absolute atomic E-state index is 0.0669. The van der Waals surface area contributed by atoms with E-state index in [9.17, 15) is 15.2 Å². The number of hydrazone groups is 1. The summed E-state index contributed by atoms with van der Waals surface area (Å²) in [5.41, 5.74) is 5.32. The van der Waals surface area contributed by atoms with E-state index in [0.717, 1.165) is 11.1 Å². The van der Waals surface area contributed by atoms with E-state index < -0.39 is 5.56 Å². The van der Waals surface area contributed by atoms with Gasteiger partial charge in [-0.2, -0.15) is 10.4 Å². The summed E-state index contributed by atoms with van der Waals surface area (Å²) in [6.45, 7) is 3.76. The summed E-state index contributed by atoms with van der Waals surface area (Å²) in [5, 5.41) is 23.4. The van der Waals surface area contributed by atoms with Crippen molar-refractivity contribution in [3.63, 3.8) is 0 Å². The molecule has 0 aliphatic heterocycles. The summed E-state index contributed by atoms with van der Waals surface area (Å²) < 4.78 is 0. The van der Waals surface area contributed by atoms with Crippen molar-refractivity contribution in [2.24, 2.45) is 5.10 Å². The number of aromatic hydroxyl groups is 1. The molecule has 134 valence electrons. The van der Waals surface area contributed by atoms with Crippen LogP contribution in [-0.4, -0.2) is 21.3 Å². The van der Waals surface area contributed by atoms with Gasteiger partial charge in [0.2, 0.25) is 5.95 Å². The Labute approximate surface area is 155 Å². The second kappa shape index (κ2) is 7.54. The van der Waals surface area contributed by atoms with Crippen LogP contribution < -0.4 is 11.0 Å². The number of aryl methyl sites for hydroxylation is 2. The van der Waals surface area contributed by atoms with E-state index in [4.69, 9.17) is 0 Å². The third kappa shape index (κ3) is 3.85. The minimum atomic E-state index is -0.557. The largest absolute Gasteiger partial charge is 0.507 e. The molecule has 0 saturated heterocycles. The molecule has 0 amide bonds. The Hall–Kier alpha value is -3.92. The molecule has 27 heavy (non-hydrogen) atoms. The van der Waals surface area contributed by atoms with Crippen LogP contribution in [0.3, 0.4) is 0 Å². The van der Waals surface area contributed by atoms with E-state index >= 15 is 0 Å². The Morgan fingerprint density at radius 2 is 2.00 bits per heavy atom. The van der Waals surface area contributed by atoms with Gasteiger partial charge in [0, 0.05) is 11.1 Å². The summed E-state index contributed by atoms with van der Waals surface area (Å²) in [6.07, 6.45) is 1.45. The molecule has 0 aliphatic rings. The topological polar surface area (TPSA) is 114 Å². The van der Waals surface area contributed by atoms with Crippen molar-refractivity contribution in [3.05, 3.63) is 75.1 Å². The van der Waals surface area contributed by atoms with Crippen LogP contribution in [0.15, 0.2) is 52.4 Å². The number of aromatic nitrogens is 2. The van der Waals surface area contributed by atoms with Gasteiger partial charge in [-0.25, -0.2) is 10.4 Å². The smallest absolute Gasteiger partial charge is 0.270 e. The zero-order chi connectivity index (χ0) is 19.4. The van der Waals surface area contributed by atoms with Gasteiger partial charge in [-0.05, 0) is 31.0 Å². The summed E-state index contributed by atoms with van der Waals surface area (Å²) in [7, 11) is 0. The normalized spacial score (nSPS) is 10.7. The first kappa shape index (κ1) is 17.9. The third-order valence-corrected chi connectivity index (χ3v) is 3.95. The molecular weight excluding hydrogens is 342 g/mol. The maximum Gasteiger partial charge on any atom is 0.270 e. The van der Waals surface area contributed by atoms with Crippen LogP contribution in [0.5, 0.6) is 5.75 Å². The van der Waals surface area contributed by atoms with E-state index in [1.807, 2.05) is 32.0 Å². The highest BCUT2D eigenvalue weighted by Crippen LogP contribution is 2.21. The lowest BCUT2D eigenvalue weighted by Crippen LogP contribution is -2.16. The Kier molecular flexibility index (Phi) is 4.99. The Balaban J connectivity index is 1.94. The number of aromatic amines is 1. The third-order valence-electron chi connectivity index (χ3n) is 3.95. The highest BCUT2D eigenvalue weighted by atomic mass is 16.3. The molecule has 7 nitrogen and oxygen atoms in total. The first-order valence-electron chi connectivity index (χ1n) is 8.18. The fourth-order valence-corrected chi connectivity index (χ4v) is 2.72. The molecule has 0 saturated carbocycles. The van der Waals surface area contributed by atoms with Crippen LogP contribution in [0.25, 0.3) is 11.3 Å². The van der Waals surface area contributed by atoms with Crippen molar-refractivity contribution in [2.45, 2.75) is 13.8 Å². The van der Waals surface area contributed by atoms with E-state index in [1.165, 1.54) is 6.21 Å². The number of nitrogens with zero attached hydrogens (tertiary/aromatic N) is 3. The van der Waals surface area contributed by atoms with Crippen LogP contribution >= 0.6 is 0 Å². The van der Waals surface area contributed by atoms with E-state index in [0.29, 0.717) is 11.1 Å². The average molecular weight is 359 g/mol. The molecule has 0 unspecified atom stereocenters. The number of phenols is 1. The molecule has 0 spiro atoms. The summed E-state index contributed by atoms with van der Waals surface area (Å²) >= 11 is 0. The molecule has 3 rings (SSSR count). The molecule has 0 radical (unpaired) electrons. The first-order chi connectivity index (χ1) is 13.0. The van der Waals surface area contributed by atoms with E-state index in [1.54, 1.807) is 30.3 Å². The Morgan fingerprint density at radius 3 is 2.67 bits per heavy atom. The highest BCUT2D eigenvalue weighted by molar-refractivity contribution is 5.86. The lowest BCUT2D eigenvalue weighted by atomic mass is 10.1. The fourth-order valence-electron chi connectivity index (χ4n) is 2.72. The van der Waals surface area contributed by atoms with Gasteiger partial charge in [0.15, 0.2) is 0 Å². The minimum Gasteiger partial charge on any atom is -0.507 e. The van der Waals surface area contributed by atoms with Gasteiger partial charge in [-0.3, -0.25) is 9.78 Å². The average Bonchev–Trinajstić information content (AvgIpc) is 2.64. The van der Waals surface area contributed by atoms with Crippen molar-refractivity contribution in [2.75, 3.05) is 5.43 Å². The Bertz CT molecular complexity index is 1090. The summed E-state index contributed by atoms with van der Waals surface area (Å²) in [5.74, 6) is 0.211. The maximum absolute atomic E-state index is 12.2. The van der Waals surface area contributed by atoms with Crippen LogP contribution in [0.2, 0.25) is 0 Å². The quantitative estimate of drug-likeness (QED) is 0.489. The number of benzene rings is 2. The lowest BCUT2D eigenvalue weighted by molar-refractivity contribution is 0.473. The van der Waals surface area contributed by atoms with Gasteiger partial charge in [0.05, 0.1) is 11.9 Å². The SMILES string of the molecule is Cc1cc(C)c(C=NNc2nc(-c3ccccc3)c(C#N)c(=O)[nH]2)c(O)c1. The Morgan fingerprint density at radius 1 is 1.26 bits per heavy atom. The van der Waals surface area contributed by atoms with Crippen molar-refractivity contribution in [1.82, 2.24) is 9.97 Å². The van der Waals surface area contributed by atoms with Crippen molar-refractivity contribution in [1.29, 1.82) is 5.26 Å². The molecule has 0 aliphatic carbocycles. The molecule has 1 aromatic heterocycles. The van der Waals surface area contributed by atoms with E-state index in [-0.39, 0.29) is 23.0 Å². The van der Waals surface area contributed by atoms with Crippen molar-refractivity contribution >= 4 is 12.2 Å². The van der Waals surface area contributed by atoms with Crippen molar-refractivity contribution in [3.8, 4) is 23.1 Å². The van der Waals surface area contributed by atoms with Gasteiger partial charge >= 0.3 is 0 Å². The van der Waals surface area contributed by atoms with Gasteiger partial charge in [-0.1, -0.05) is 36.4 Å². The standard InChI is InChI=1S/C20H17N5O2/c1-12-8-13(2)16(17(26)9-12)11-22-25-20-23-18(14-6-4-3-5-7-14)15(10-21)19(27)24-20/h3-9,11,26H,1-2H3,(H2,23,24,25,27). The number of nitrogens with one attached hydrogen (secondary N) is 2. The maximum atomic E-state index is 12.2. The summed E-state index contributed by atoms with van der Waals surface area (Å²) in [4.78, 5) is 19.0. The predicted molar refractivity (Wildman–Crippen MR) is 104 cm³/mol. The molecule has 2 aromatic carbocycles. The van der Waals surface area contributed by atoms with Crippen molar-refractivity contribution < 1.29 is 5.11 Å². The number of nitriles is 1.